The van der Waals surface area contributed by atoms with Gasteiger partial charge in [-0.15, -0.1) is 12.4 Å². The zero-order valence-electron chi connectivity index (χ0n) is 4.61. The van der Waals surface area contributed by atoms with Crippen LogP contribution >= 0.6 is 20.2 Å². The second-order valence-electron chi connectivity index (χ2n) is 1.36. The van der Waals surface area contributed by atoms with Gasteiger partial charge < -0.3 is 9.79 Å². The van der Waals surface area contributed by atoms with E-state index in [4.69, 9.17) is 9.79 Å². The lowest BCUT2D eigenvalue weighted by molar-refractivity contribution is 0.311. The molecule has 0 fully saturated rings. The molecule has 0 heterocycles. The molecular weight excluding hydrogens is 152 g/mol. The van der Waals surface area contributed by atoms with E-state index >= 15 is 0 Å². The second kappa shape index (κ2) is 3.43. The van der Waals surface area contributed by atoms with E-state index < -0.39 is 7.75 Å². The molecule has 52 valence electrons. The van der Waals surface area contributed by atoms with Crippen molar-refractivity contribution < 1.29 is 14.4 Å². The molecule has 0 aliphatic carbocycles. The molecule has 2 N–H and O–H groups in total. The van der Waals surface area contributed by atoms with Crippen molar-refractivity contribution in [2.24, 2.45) is 0 Å². The van der Waals surface area contributed by atoms with E-state index in [1.807, 2.05) is 0 Å². The Morgan fingerprint density at radius 1 is 1.38 bits per heavy atom. The van der Waals surface area contributed by atoms with Crippen LogP contribution in [0.1, 0.15) is 0 Å². The Labute approximate surface area is 54.1 Å². The predicted molar refractivity (Wildman–Crippen MR) is 33.0 cm³/mol. The highest BCUT2D eigenvalue weighted by Gasteiger charge is 2.14. The van der Waals surface area contributed by atoms with Gasteiger partial charge in [-0.05, 0) is 14.1 Å². The Kier molecular flexibility index (Phi) is 4.82. The van der Waals surface area contributed by atoms with Gasteiger partial charge in [-0.2, -0.15) is 0 Å². The van der Waals surface area contributed by atoms with Crippen LogP contribution in [0.5, 0.6) is 0 Å². The van der Waals surface area contributed by atoms with E-state index in [9.17, 15) is 4.57 Å². The van der Waals surface area contributed by atoms with Crippen molar-refractivity contribution in [2.45, 2.75) is 0 Å². The van der Waals surface area contributed by atoms with Crippen LogP contribution in [0.2, 0.25) is 0 Å². The number of halogens is 1. The molecule has 4 nitrogen and oxygen atoms in total. The third kappa shape index (κ3) is 4.56. The summed E-state index contributed by atoms with van der Waals surface area (Å²) in [5.41, 5.74) is 0. The molecule has 0 atom stereocenters. The van der Waals surface area contributed by atoms with Crippen LogP contribution in [-0.4, -0.2) is 28.6 Å². The molecule has 0 aliphatic rings. The molecule has 0 unspecified atom stereocenters. The molecule has 0 amide bonds. The summed E-state index contributed by atoms with van der Waals surface area (Å²) in [5, 5.41) is 0. The highest BCUT2D eigenvalue weighted by molar-refractivity contribution is 7.49. The maximum Gasteiger partial charge on any atom is 0.402 e. The number of nitrogens with zero attached hydrogens (tertiary/aromatic N) is 1. The third-order valence-electron chi connectivity index (χ3n) is 0.521. The van der Waals surface area contributed by atoms with Crippen LogP contribution < -0.4 is 0 Å². The number of hydrogen-bond donors (Lipinski definition) is 2. The molecule has 6 heteroatoms. The summed E-state index contributed by atoms with van der Waals surface area (Å²) in [6.07, 6.45) is 0. The Morgan fingerprint density at radius 3 is 1.50 bits per heavy atom. The molecule has 0 aromatic carbocycles. The normalized spacial score (nSPS) is 11.1. The van der Waals surface area contributed by atoms with Gasteiger partial charge in [0.15, 0.2) is 0 Å². The van der Waals surface area contributed by atoms with Gasteiger partial charge in [0.2, 0.25) is 0 Å². The van der Waals surface area contributed by atoms with Crippen molar-refractivity contribution in [3.8, 4) is 0 Å². The Balaban J connectivity index is 0. The lowest BCUT2D eigenvalue weighted by Gasteiger charge is -2.09. The van der Waals surface area contributed by atoms with E-state index in [2.05, 4.69) is 0 Å². The minimum atomic E-state index is -3.90. The van der Waals surface area contributed by atoms with Crippen molar-refractivity contribution >= 4 is 20.2 Å². The molecule has 0 rings (SSSR count). The van der Waals surface area contributed by atoms with E-state index in [1.165, 1.54) is 14.1 Å². The van der Waals surface area contributed by atoms with Crippen molar-refractivity contribution in [1.29, 1.82) is 0 Å². The van der Waals surface area contributed by atoms with Gasteiger partial charge in [-0.25, -0.2) is 9.24 Å². The monoisotopic (exact) mass is 161 g/mol. The average molecular weight is 162 g/mol. The van der Waals surface area contributed by atoms with Crippen LogP contribution in [0.3, 0.4) is 0 Å². The molecule has 0 radical (unpaired) electrons. The predicted octanol–water partition coefficient (Wildman–Crippen LogP) is 0.0625. The van der Waals surface area contributed by atoms with Crippen LogP contribution in [0, 0.1) is 0 Å². The molecular formula is C2H9ClNO3P. The Bertz CT molecular complexity index is 99.5. The Hall–Kier alpha value is 0.400. The molecule has 0 bridgehead atoms. The van der Waals surface area contributed by atoms with Crippen molar-refractivity contribution in [3.63, 3.8) is 0 Å². The van der Waals surface area contributed by atoms with Gasteiger partial charge in [-0.3, -0.25) is 0 Å². The first-order valence-electron chi connectivity index (χ1n) is 1.68. The second-order valence-corrected chi connectivity index (χ2v) is 3.19. The van der Waals surface area contributed by atoms with E-state index in [0.717, 1.165) is 4.67 Å². The lowest BCUT2D eigenvalue weighted by atomic mass is 11.3. The summed E-state index contributed by atoms with van der Waals surface area (Å²) in [4.78, 5) is 16.3. The van der Waals surface area contributed by atoms with Gasteiger partial charge in [0.05, 0.1) is 0 Å². The maximum absolute atomic E-state index is 9.95. The number of rotatable bonds is 1. The average Bonchev–Trinajstić information content (AvgIpc) is 1.31. The summed E-state index contributed by atoms with van der Waals surface area (Å²) in [5.74, 6) is 0. The first kappa shape index (κ1) is 11.2. The first-order chi connectivity index (χ1) is 2.94. The zero-order valence-corrected chi connectivity index (χ0v) is 6.32. The Morgan fingerprint density at radius 2 is 1.50 bits per heavy atom. The fourth-order valence-corrected chi connectivity index (χ4v) is 0. The zero-order chi connectivity index (χ0) is 6.08. The van der Waals surface area contributed by atoms with Crippen LogP contribution in [-0.2, 0) is 4.57 Å². The summed E-state index contributed by atoms with van der Waals surface area (Å²) >= 11 is 0. The van der Waals surface area contributed by atoms with Crippen LogP contribution in [0.15, 0.2) is 0 Å². The number of hydrogen-bond acceptors (Lipinski definition) is 1. The summed E-state index contributed by atoms with van der Waals surface area (Å²) in [7, 11) is -1.26. The van der Waals surface area contributed by atoms with Crippen LogP contribution in [0.4, 0.5) is 0 Å². The standard InChI is InChI=1S/C2H8NO3P.ClH/c1-3(2)7(4,5)6;/h1-2H3,(H2,4,5,6);1H. The highest BCUT2D eigenvalue weighted by atomic mass is 35.5. The minimum absolute atomic E-state index is 0. The SMILES string of the molecule is CN(C)P(=O)(O)O.Cl. The summed E-state index contributed by atoms with van der Waals surface area (Å²) < 4.78 is 10.8. The third-order valence-corrected chi connectivity index (χ3v) is 1.56. The quantitative estimate of drug-likeness (QED) is 0.534. The van der Waals surface area contributed by atoms with E-state index in [1.54, 1.807) is 0 Å². The first-order valence-corrected chi connectivity index (χ1v) is 3.24. The molecule has 0 saturated heterocycles. The maximum atomic E-state index is 9.95. The fourth-order valence-electron chi connectivity index (χ4n) is 0. The molecule has 0 aromatic rings. The van der Waals surface area contributed by atoms with Gasteiger partial charge >= 0.3 is 7.75 Å². The van der Waals surface area contributed by atoms with Gasteiger partial charge in [0.1, 0.15) is 0 Å². The van der Waals surface area contributed by atoms with Crippen LogP contribution in [0.25, 0.3) is 0 Å². The lowest BCUT2D eigenvalue weighted by Crippen LogP contribution is -2.05. The fraction of sp³-hybridized carbons (Fsp3) is 1.00. The highest BCUT2D eigenvalue weighted by Crippen LogP contribution is 2.35. The summed E-state index contributed by atoms with van der Waals surface area (Å²) in [6.45, 7) is 0. The van der Waals surface area contributed by atoms with E-state index in [0.29, 0.717) is 0 Å². The van der Waals surface area contributed by atoms with Crippen molar-refractivity contribution in [1.82, 2.24) is 4.67 Å². The largest absolute Gasteiger partial charge is 0.402 e. The molecule has 0 saturated carbocycles. The molecule has 8 heavy (non-hydrogen) atoms. The minimum Gasteiger partial charge on any atom is -0.312 e. The van der Waals surface area contributed by atoms with Gasteiger partial charge in [-0.1, -0.05) is 0 Å². The topological polar surface area (TPSA) is 60.8 Å². The van der Waals surface area contributed by atoms with Crippen molar-refractivity contribution in [3.05, 3.63) is 0 Å². The van der Waals surface area contributed by atoms with Gasteiger partial charge in [0, 0.05) is 0 Å². The van der Waals surface area contributed by atoms with E-state index in [-0.39, 0.29) is 12.4 Å². The smallest absolute Gasteiger partial charge is 0.312 e. The molecule has 0 spiro atoms. The van der Waals surface area contributed by atoms with Crippen molar-refractivity contribution in [2.75, 3.05) is 14.1 Å². The molecule has 0 aromatic heterocycles. The summed E-state index contributed by atoms with van der Waals surface area (Å²) in [6, 6.07) is 0. The van der Waals surface area contributed by atoms with Gasteiger partial charge in [0.25, 0.3) is 0 Å². The molecule has 0 aliphatic heterocycles.